The van der Waals surface area contributed by atoms with Gasteiger partial charge in [-0.05, 0) is 32.7 Å². The maximum absolute atomic E-state index is 12.1. The highest BCUT2D eigenvalue weighted by Gasteiger charge is 2.58. The molecule has 1 N–H and O–H groups in total. The number of fused-ring (bicyclic) bond motifs is 2. The Labute approximate surface area is 116 Å². The van der Waals surface area contributed by atoms with Gasteiger partial charge in [-0.3, -0.25) is 9.69 Å². The van der Waals surface area contributed by atoms with Crippen molar-refractivity contribution in [3.63, 3.8) is 0 Å². The van der Waals surface area contributed by atoms with E-state index in [1.807, 2.05) is 0 Å². The standard InChI is InChI=1S/C15H27NO3/c1-4-5-6-8-15-9-7-11(16(15)2)10-12(17)13(15)14(18)19-3/h11-13,17H,4-10H2,1-3H3/t11-,12-,13+,15+/m0/s1. The van der Waals surface area contributed by atoms with Gasteiger partial charge < -0.3 is 9.84 Å². The number of ether oxygens (including phenoxy) is 1. The summed E-state index contributed by atoms with van der Waals surface area (Å²) in [4.78, 5) is 14.5. The summed E-state index contributed by atoms with van der Waals surface area (Å²) in [6.07, 6.45) is 6.73. The van der Waals surface area contributed by atoms with Crippen molar-refractivity contribution in [3.8, 4) is 0 Å². The number of hydrogen-bond donors (Lipinski definition) is 1. The van der Waals surface area contributed by atoms with Crippen molar-refractivity contribution >= 4 is 5.97 Å². The minimum atomic E-state index is -0.544. The van der Waals surface area contributed by atoms with Crippen LogP contribution in [0.25, 0.3) is 0 Å². The topological polar surface area (TPSA) is 49.8 Å². The second kappa shape index (κ2) is 5.80. The fourth-order valence-corrected chi connectivity index (χ4v) is 4.22. The summed E-state index contributed by atoms with van der Waals surface area (Å²) in [5.74, 6) is -0.616. The number of rotatable bonds is 5. The van der Waals surface area contributed by atoms with Crippen LogP contribution in [0, 0.1) is 5.92 Å². The molecule has 19 heavy (non-hydrogen) atoms. The van der Waals surface area contributed by atoms with E-state index >= 15 is 0 Å². The molecule has 110 valence electrons. The van der Waals surface area contributed by atoms with Gasteiger partial charge in [0.2, 0.25) is 0 Å². The Balaban J connectivity index is 2.23. The molecule has 4 atom stereocenters. The highest BCUT2D eigenvalue weighted by atomic mass is 16.5. The average Bonchev–Trinajstić information content (AvgIpc) is 2.60. The Morgan fingerprint density at radius 3 is 2.84 bits per heavy atom. The summed E-state index contributed by atoms with van der Waals surface area (Å²) in [5.41, 5.74) is -0.176. The van der Waals surface area contributed by atoms with Gasteiger partial charge in [-0.1, -0.05) is 26.2 Å². The van der Waals surface area contributed by atoms with Crippen LogP contribution < -0.4 is 0 Å². The molecule has 2 rings (SSSR count). The predicted octanol–water partition coefficient (Wildman–Crippen LogP) is 1.95. The summed E-state index contributed by atoms with van der Waals surface area (Å²) in [7, 11) is 3.54. The third kappa shape index (κ3) is 2.40. The molecule has 0 radical (unpaired) electrons. The van der Waals surface area contributed by atoms with Crippen molar-refractivity contribution in [2.75, 3.05) is 14.2 Å². The van der Waals surface area contributed by atoms with Crippen LogP contribution in [0.2, 0.25) is 0 Å². The molecule has 0 aromatic carbocycles. The van der Waals surface area contributed by atoms with Gasteiger partial charge in [0, 0.05) is 11.6 Å². The molecule has 0 aromatic heterocycles. The molecule has 0 spiro atoms. The van der Waals surface area contributed by atoms with Crippen molar-refractivity contribution < 1.29 is 14.6 Å². The van der Waals surface area contributed by atoms with Gasteiger partial charge in [-0.15, -0.1) is 0 Å². The molecule has 2 bridgehead atoms. The van der Waals surface area contributed by atoms with Gasteiger partial charge in [0.25, 0.3) is 0 Å². The molecule has 2 fully saturated rings. The van der Waals surface area contributed by atoms with Crippen LogP contribution in [0.5, 0.6) is 0 Å². The Morgan fingerprint density at radius 2 is 2.21 bits per heavy atom. The van der Waals surface area contributed by atoms with Gasteiger partial charge in [-0.2, -0.15) is 0 Å². The molecular formula is C15H27NO3. The second-order valence-electron chi connectivity index (χ2n) is 6.17. The molecular weight excluding hydrogens is 242 g/mol. The molecule has 0 unspecified atom stereocenters. The van der Waals surface area contributed by atoms with Gasteiger partial charge in [0.15, 0.2) is 0 Å². The zero-order valence-corrected chi connectivity index (χ0v) is 12.4. The van der Waals surface area contributed by atoms with Crippen LogP contribution in [-0.2, 0) is 9.53 Å². The highest BCUT2D eigenvalue weighted by molar-refractivity contribution is 5.75. The van der Waals surface area contributed by atoms with Crippen LogP contribution in [0.15, 0.2) is 0 Å². The van der Waals surface area contributed by atoms with Crippen molar-refractivity contribution in [1.82, 2.24) is 4.90 Å². The minimum absolute atomic E-state index is 0.176. The molecule has 0 amide bonds. The van der Waals surface area contributed by atoms with Gasteiger partial charge in [-0.25, -0.2) is 0 Å². The summed E-state index contributed by atoms with van der Waals surface area (Å²) in [6.45, 7) is 2.19. The Morgan fingerprint density at radius 1 is 1.47 bits per heavy atom. The van der Waals surface area contributed by atoms with E-state index in [2.05, 4.69) is 18.9 Å². The number of aliphatic hydroxyl groups excluding tert-OH is 1. The molecule has 4 nitrogen and oxygen atoms in total. The fourth-order valence-electron chi connectivity index (χ4n) is 4.22. The number of esters is 1. The quantitative estimate of drug-likeness (QED) is 0.612. The molecule has 2 aliphatic rings. The molecule has 4 heteroatoms. The maximum Gasteiger partial charge on any atom is 0.313 e. The highest BCUT2D eigenvalue weighted by Crippen LogP contribution is 2.49. The third-order valence-electron chi connectivity index (χ3n) is 5.31. The second-order valence-corrected chi connectivity index (χ2v) is 6.17. The zero-order valence-electron chi connectivity index (χ0n) is 12.4. The largest absolute Gasteiger partial charge is 0.469 e. The number of methoxy groups -OCH3 is 1. The number of nitrogens with zero attached hydrogens (tertiary/aromatic N) is 1. The van der Waals surface area contributed by atoms with E-state index in [-0.39, 0.29) is 17.4 Å². The van der Waals surface area contributed by atoms with E-state index < -0.39 is 6.10 Å². The SMILES string of the molecule is CCCCC[C@@]12CC[C@@H](C[C@H](O)[C@@H]1C(=O)OC)N2C. The first-order chi connectivity index (χ1) is 9.06. The van der Waals surface area contributed by atoms with E-state index in [0.717, 1.165) is 25.7 Å². The lowest BCUT2D eigenvalue weighted by molar-refractivity contribution is -0.163. The maximum atomic E-state index is 12.1. The lowest BCUT2D eigenvalue weighted by Crippen LogP contribution is -2.61. The van der Waals surface area contributed by atoms with Gasteiger partial charge in [0.05, 0.1) is 13.2 Å². The van der Waals surface area contributed by atoms with Crippen molar-refractivity contribution in [2.45, 2.75) is 69.6 Å². The molecule has 0 saturated carbocycles. The van der Waals surface area contributed by atoms with Crippen LogP contribution in [0.4, 0.5) is 0 Å². The predicted molar refractivity (Wildman–Crippen MR) is 73.8 cm³/mol. The molecule has 0 aromatic rings. The lowest BCUT2D eigenvalue weighted by Gasteiger charge is -2.49. The zero-order chi connectivity index (χ0) is 14.0. The number of carbonyl (C=O) groups excluding carboxylic acids is 1. The Kier molecular flexibility index (Phi) is 4.51. The van der Waals surface area contributed by atoms with E-state index in [0.29, 0.717) is 12.5 Å². The van der Waals surface area contributed by atoms with Crippen LogP contribution in [-0.4, -0.2) is 47.8 Å². The summed E-state index contributed by atoms with van der Waals surface area (Å²) in [5, 5.41) is 10.4. The molecule has 2 saturated heterocycles. The summed E-state index contributed by atoms with van der Waals surface area (Å²) < 4.78 is 4.96. The molecule has 0 aliphatic carbocycles. The van der Waals surface area contributed by atoms with Crippen LogP contribution >= 0.6 is 0 Å². The third-order valence-corrected chi connectivity index (χ3v) is 5.31. The van der Waals surface area contributed by atoms with Gasteiger partial charge in [0.1, 0.15) is 5.92 Å². The smallest absolute Gasteiger partial charge is 0.313 e. The van der Waals surface area contributed by atoms with E-state index in [9.17, 15) is 9.90 Å². The summed E-state index contributed by atoms with van der Waals surface area (Å²) >= 11 is 0. The van der Waals surface area contributed by atoms with E-state index in [1.54, 1.807) is 0 Å². The van der Waals surface area contributed by atoms with Gasteiger partial charge >= 0.3 is 5.97 Å². The number of unbranched alkanes of at least 4 members (excludes halogenated alkanes) is 2. The normalized spacial score (nSPS) is 38.4. The van der Waals surface area contributed by atoms with Crippen LogP contribution in [0.1, 0.15) is 51.9 Å². The Hall–Kier alpha value is -0.610. The Bertz CT molecular complexity index is 333. The fraction of sp³-hybridized carbons (Fsp3) is 0.933. The first-order valence-corrected chi connectivity index (χ1v) is 7.55. The number of hydrogen-bond acceptors (Lipinski definition) is 4. The first-order valence-electron chi connectivity index (χ1n) is 7.55. The minimum Gasteiger partial charge on any atom is -0.469 e. The van der Waals surface area contributed by atoms with Crippen molar-refractivity contribution in [1.29, 1.82) is 0 Å². The van der Waals surface area contributed by atoms with Crippen LogP contribution in [0.3, 0.4) is 0 Å². The first kappa shape index (κ1) is 14.8. The van der Waals surface area contributed by atoms with Crippen molar-refractivity contribution in [2.24, 2.45) is 5.92 Å². The summed E-state index contributed by atoms with van der Waals surface area (Å²) in [6, 6.07) is 0.428. The molecule has 2 heterocycles. The monoisotopic (exact) mass is 269 g/mol. The van der Waals surface area contributed by atoms with E-state index in [4.69, 9.17) is 4.74 Å². The lowest BCUT2D eigenvalue weighted by atomic mass is 9.73. The number of piperidine rings is 1. The number of carbonyl (C=O) groups is 1. The molecule has 2 aliphatic heterocycles. The van der Waals surface area contributed by atoms with E-state index in [1.165, 1.54) is 20.0 Å². The number of aliphatic hydroxyl groups is 1. The average molecular weight is 269 g/mol. The van der Waals surface area contributed by atoms with Crippen molar-refractivity contribution in [3.05, 3.63) is 0 Å².